The van der Waals surface area contributed by atoms with Gasteiger partial charge in [-0.2, -0.15) is 0 Å². The summed E-state index contributed by atoms with van der Waals surface area (Å²) in [5.74, 6) is 0. The molecule has 0 aromatic carbocycles. The van der Waals surface area contributed by atoms with Crippen molar-refractivity contribution in [3.05, 3.63) is 11.1 Å². The number of nitrogens with zero attached hydrogens (tertiary/aromatic N) is 1. The van der Waals surface area contributed by atoms with E-state index in [1.54, 1.807) is 0 Å². The van der Waals surface area contributed by atoms with Crippen LogP contribution in [0.1, 0.15) is 19.3 Å². The Morgan fingerprint density at radius 1 is 1.54 bits per heavy atom. The Labute approximate surface area is 85.9 Å². The van der Waals surface area contributed by atoms with Crippen molar-refractivity contribution in [1.82, 2.24) is 4.90 Å². The lowest BCUT2D eigenvalue weighted by Gasteiger charge is -2.34. The molecule has 76 valence electrons. The second-order valence-corrected chi connectivity index (χ2v) is 4.51. The van der Waals surface area contributed by atoms with Crippen molar-refractivity contribution in [2.45, 2.75) is 31.7 Å². The van der Waals surface area contributed by atoms with Crippen molar-refractivity contribution in [2.24, 2.45) is 0 Å². The van der Waals surface area contributed by atoms with Gasteiger partial charge in [0.25, 0.3) is 6.43 Å². The first-order valence-electron chi connectivity index (χ1n) is 4.46. The van der Waals surface area contributed by atoms with Gasteiger partial charge in [0.05, 0.1) is 6.04 Å². The van der Waals surface area contributed by atoms with Gasteiger partial charge in [0.15, 0.2) is 0 Å². The molecule has 1 aliphatic heterocycles. The monoisotopic (exact) mass is 253 g/mol. The number of alkyl halides is 2. The van der Waals surface area contributed by atoms with Crippen molar-refractivity contribution in [3.8, 4) is 0 Å². The Kier molecular flexibility index (Phi) is 4.32. The molecular weight excluding hydrogens is 240 g/mol. The Morgan fingerprint density at radius 2 is 2.23 bits per heavy atom. The average molecular weight is 254 g/mol. The summed E-state index contributed by atoms with van der Waals surface area (Å²) in [4.78, 5) is 1.81. The number of rotatable bonds is 3. The van der Waals surface area contributed by atoms with Crippen LogP contribution in [-0.4, -0.2) is 30.5 Å². The molecule has 1 heterocycles. The molecule has 0 amide bonds. The first-order chi connectivity index (χ1) is 6.11. The van der Waals surface area contributed by atoms with Gasteiger partial charge in [-0.1, -0.05) is 28.9 Å². The average Bonchev–Trinajstić information content (AvgIpc) is 2.03. The minimum atomic E-state index is -2.23. The third-order valence-corrected chi connectivity index (χ3v) is 2.58. The van der Waals surface area contributed by atoms with Crippen LogP contribution < -0.4 is 0 Å². The van der Waals surface area contributed by atoms with Crippen molar-refractivity contribution >= 4 is 15.9 Å². The maximum atomic E-state index is 12.5. The van der Waals surface area contributed by atoms with E-state index in [0.29, 0.717) is 13.0 Å². The summed E-state index contributed by atoms with van der Waals surface area (Å²) in [6.07, 6.45) is 0.314. The fourth-order valence-corrected chi connectivity index (χ4v) is 2.04. The van der Waals surface area contributed by atoms with Crippen molar-refractivity contribution in [1.29, 1.82) is 0 Å². The van der Waals surface area contributed by atoms with E-state index in [-0.39, 0.29) is 0 Å². The van der Waals surface area contributed by atoms with E-state index in [0.717, 1.165) is 23.9 Å². The first-order valence-corrected chi connectivity index (χ1v) is 5.26. The predicted molar refractivity (Wildman–Crippen MR) is 53.3 cm³/mol. The van der Waals surface area contributed by atoms with Gasteiger partial charge in [-0.15, -0.1) is 0 Å². The Hall–Kier alpha value is 0.0400. The molecule has 1 nitrogen and oxygen atoms in total. The van der Waals surface area contributed by atoms with Gasteiger partial charge in [-0.3, -0.25) is 4.90 Å². The minimum Gasteiger partial charge on any atom is -0.290 e. The summed E-state index contributed by atoms with van der Waals surface area (Å²) >= 11 is 3.21. The van der Waals surface area contributed by atoms with Crippen LogP contribution in [0.25, 0.3) is 0 Å². The molecule has 1 aliphatic rings. The van der Waals surface area contributed by atoms with Crippen LogP contribution in [0.3, 0.4) is 0 Å². The molecule has 1 unspecified atom stereocenters. The van der Waals surface area contributed by atoms with Crippen LogP contribution >= 0.6 is 15.9 Å². The second-order valence-electron chi connectivity index (χ2n) is 3.39. The van der Waals surface area contributed by atoms with Gasteiger partial charge in [-0.25, -0.2) is 8.78 Å². The molecule has 0 aromatic rings. The van der Waals surface area contributed by atoms with E-state index in [9.17, 15) is 8.78 Å². The fourth-order valence-electron chi connectivity index (χ4n) is 1.72. The van der Waals surface area contributed by atoms with Crippen LogP contribution in [0.2, 0.25) is 0 Å². The molecule has 0 radical (unpaired) electrons. The maximum Gasteiger partial charge on any atom is 0.253 e. The molecule has 0 aliphatic carbocycles. The summed E-state index contributed by atoms with van der Waals surface area (Å²) in [5, 5.41) is 0. The van der Waals surface area contributed by atoms with E-state index >= 15 is 0 Å². The Morgan fingerprint density at radius 3 is 2.77 bits per heavy atom. The van der Waals surface area contributed by atoms with Gasteiger partial charge in [0.2, 0.25) is 0 Å². The highest BCUT2D eigenvalue weighted by Gasteiger charge is 2.29. The highest BCUT2D eigenvalue weighted by Crippen LogP contribution is 2.23. The largest absolute Gasteiger partial charge is 0.290 e. The minimum absolute atomic E-state index is 0.537. The maximum absolute atomic E-state index is 12.5. The summed E-state index contributed by atoms with van der Waals surface area (Å²) in [6.45, 7) is 4.97. The second kappa shape index (κ2) is 5.05. The van der Waals surface area contributed by atoms with E-state index in [2.05, 4.69) is 22.5 Å². The van der Waals surface area contributed by atoms with Gasteiger partial charge < -0.3 is 0 Å². The Balaban J connectivity index is 2.51. The van der Waals surface area contributed by atoms with Crippen molar-refractivity contribution in [3.63, 3.8) is 0 Å². The van der Waals surface area contributed by atoms with Gasteiger partial charge in [0, 0.05) is 11.0 Å². The number of hydrogen-bond acceptors (Lipinski definition) is 1. The summed E-state index contributed by atoms with van der Waals surface area (Å²) in [5.41, 5.74) is 0. The zero-order chi connectivity index (χ0) is 9.84. The van der Waals surface area contributed by atoms with Crippen LogP contribution in [0.4, 0.5) is 8.78 Å². The van der Waals surface area contributed by atoms with Crippen molar-refractivity contribution < 1.29 is 8.78 Å². The van der Waals surface area contributed by atoms with E-state index in [1.165, 1.54) is 0 Å². The molecule has 0 saturated carbocycles. The lowest BCUT2D eigenvalue weighted by Crippen LogP contribution is -2.44. The normalized spacial score (nSPS) is 25.1. The molecule has 1 atom stereocenters. The van der Waals surface area contributed by atoms with E-state index in [4.69, 9.17) is 0 Å². The van der Waals surface area contributed by atoms with Crippen LogP contribution in [0.15, 0.2) is 11.1 Å². The molecule has 1 saturated heterocycles. The molecule has 0 N–H and O–H groups in total. The molecule has 4 heteroatoms. The third kappa shape index (κ3) is 3.35. The zero-order valence-corrected chi connectivity index (χ0v) is 9.06. The highest BCUT2D eigenvalue weighted by atomic mass is 79.9. The summed E-state index contributed by atoms with van der Waals surface area (Å²) < 4.78 is 25.8. The molecule has 0 aromatic heterocycles. The molecule has 1 fully saturated rings. The van der Waals surface area contributed by atoms with Crippen LogP contribution in [0, 0.1) is 0 Å². The smallest absolute Gasteiger partial charge is 0.253 e. The van der Waals surface area contributed by atoms with Crippen molar-refractivity contribution in [2.75, 3.05) is 13.1 Å². The lowest BCUT2D eigenvalue weighted by atomic mass is 10.0. The number of piperidine rings is 1. The van der Waals surface area contributed by atoms with Gasteiger partial charge in [-0.05, 0) is 19.4 Å². The number of halogens is 3. The third-order valence-electron chi connectivity index (χ3n) is 2.33. The fraction of sp³-hybridized carbons (Fsp3) is 0.778. The predicted octanol–water partition coefficient (Wildman–Crippen LogP) is 3.01. The van der Waals surface area contributed by atoms with Crippen LogP contribution in [-0.2, 0) is 0 Å². The zero-order valence-electron chi connectivity index (χ0n) is 7.48. The summed E-state index contributed by atoms with van der Waals surface area (Å²) in [6, 6.07) is -0.567. The number of likely N-dealkylation sites (tertiary alicyclic amines) is 1. The molecular formula is C9H14BrF2N. The molecule has 0 bridgehead atoms. The first kappa shape index (κ1) is 11.1. The molecule has 1 rings (SSSR count). The van der Waals surface area contributed by atoms with E-state index in [1.807, 2.05) is 4.90 Å². The highest BCUT2D eigenvalue weighted by molar-refractivity contribution is 9.11. The van der Waals surface area contributed by atoms with Gasteiger partial charge in [0.1, 0.15) is 0 Å². The quantitative estimate of drug-likeness (QED) is 0.748. The lowest BCUT2D eigenvalue weighted by molar-refractivity contribution is 0.0101. The topological polar surface area (TPSA) is 3.24 Å². The number of hydrogen-bond donors (Lipinski definition) is 0. The summed E-state index contributed by atoms with van der Waals surface area (Å²) in [7, 11) is 0. The molecule has 0 spiro atoms. The molecule has 13 heavy (non-hydrogen) atoms. The SMILES string of the molecule is C=C(Br)CN1CCCCC1C(F)F. The standard InChI is InChI=1S/C9H14BrF2N/c1-7(10)6-13-5-3-2-4-8(13)9(11)12/h8-9H,1-6H2. The Bertz CT molecular complexity index is 184. The van der Waals surface area contributed by atoms with E-state index < -0.39 is 12.5 Å². The van der Waals surface area contributed by atoms with Gasteiger partial charge >= 0.3 is 0 Å². The van der Waals surface area contributed by atoms with Crippen LogP contribution in [0.5, 0.6) is 0 Å².